The van der Waals surface area contributed by atoms with Crippen LogP contribution in [0.3, 0.4) is 0 Å². The molecule has 5 N–H and O–H groups in total. The zero-order valence-electron chi connectivity index (χ0n) is 16.5. The summed E-state index contributed by atoms with van der Waals surface area (Å²) in [6, 6.07) is 7.68. The van der Waals surface area contributed by atoms with Gasteiger partial charge in [-0.15, -0.1) is 0 Å². The van der Waals surface area contributed by atoms with Crippen LogP contribution in [-0.2, 0) is 11.3 Å². The number of anilines is 2. The first-order valence-electron chi connectivity index (χ1n) is 9.66. The fourth-order valence-electron chi connectivity index (χ4n) is 3.71. The Balaban J connectivity index is 1.60. The molecule has 0 aliphatic carbocycles. The van der Waals surface area contributed by atoms with Gasteiger partial charge in [0, 0.05) is 31.9 Å². The van der Waals surface area contributed by atoms with E-state index in [0.717, 1.165) is 5.56 Å². The fraction of sp³-hybridized carbons (Fsp3) is 0.300. The lowest BCUT2D eigenvalue weighted by Crippen LogP contribution is -2.52. The number of nitrogens with zero attached hydrogens (tertiary/aromatic N) is 5. The van der Waals surface area contributed by atoms with Crippen LogP contribution in [-0.4, -0.2) is 50.8 Å². The molecule has 1 fully saturated rings. The molecule has 2 unspecified atom stereocenters. The predicted molar refractivity (Wildman–Crippen MR) is 110 cm³/mol. The Hall–Kier alpha value is -3.75. The number of hydrogen-bond donors (Lipinski definition) is 3. The number of fused-ring (bicyclic) bond motifs is 1. The summed E-state index contributed by atoms with van der Waals surface area (Å²) in [5.41, 5.74) is 13.2. The molecule has 1 aliphatic rings. The highest BCUT2D eigenvalue weighted by Gasteiger charge is 2.29. The highest BCUT2D eigenvalue weighted by molar-refractivity contribution is 5.77. The second kappa shape index (κ2) is 8.55. The smallest absolute Gasteiger partial charge is 0.404 e. The van der Waals surface area contributed by atoms with Crippen molar-refractivity contribution in [1.29, 1.82) is 5.26 Å². The number of piperidine rings is 1. The molecular formula is C20H21FN8O2. The summed E-state index contributed by atoms with van der Waals surface area (Å²) in [5, 5.41) is 16.3. The van der Waals surface area contributed by atoms with Crippen LogP contribution < -0.4 is 16.8 Å². The number of nitrogens with two attached hydrogens (primary N) is 2. The zero-order chi connectivity index (χ0) is 22.0. The molecule has 0 radical (unpaired) electrons. The van der Waals surface area contributed by atoms with E-state index in [1.54, 1.807) is 10.7 Å². The molecule has 2 atom stereocenters. The summed E-state index contributed by atoms with van der Waals surface area (Å²) >= 11 is 0. The number of primary amides is 1. The Morgan fingerprint density at radius 3 is 3.03 bits per heavy atom. The summed E-state index contributed by atoms with van der Waals surface area (Å²) in [6.07, 6.45) is 2.46. The van der Waals surface area contributed by atoms with Gasteiger partial charge in [-0.25, -0.2) is 18.7 Å². The van der Waals surface area contributed by atoms with Gasteiger partial charge in [-0.05, 0) is 36.2 Å². The largest absolute Gasteiger partial charge is 0.443 e. The second-order valence-electron chi connectivity index (χ2n) is 7.34. The lowest BCUT2D eigenvalue weighted by Gasteiger charge is -2.35. The Morgan fingerprint density at radius 1 is 1.42 bits per heavy atom. The number of carbonyl (C=O) groups is 1. The van der Waals surface area contributed by atoms with Gasteiger partial charge in [0.2, 0.25) is 0 Å². The van der Waals surface area contributed by atoms with Crippen molar-refractivity contribution < 1.29 is 13.9 Å². The number of ether oxygens (including phenoxy) is 1. The molecule has 0 saturated carbocycles. The van der Waals surface area contributed by atoms with Gasteiger partial charge in [0.1, 0.15) is 23.8 Å². The Bertz CT molecular complexity index is 1160. The van der Waals surface area contributed by atoms with Crippen molar-refractivity contribution in [2.24, 2.45) is 11.5 Å². The fourth-order valence-corrected chi connectivity index (χ4v) is 3.71. The number of benzene rings is 1. The molecule has 2 aromatic heterocycles. The van der Waals surface area contributed by atoms with Gasteiger partial charge < -0.3 is 21.5 Å². The Labute approximate surface area is 177 Å². The van der Waals surface area contributed by atoms with Crippen molar-refractivity contribution in [2.45, 2.75) is 25.1 Å². The zero-order valence-corrected chi connectivity index (χ0v) is 16.5. The predicted octanol–water partition coefficient (Wildman–Crippen LogP) is 1.48. The van der Waals surface area contributed by atoms with Crippen LogP contribution in [0, 0.1) is 17.1 Å². The van der Waals surface area contributed by atoms with Gasteiger partial charge in [0.05, 0.1) is 17.3 Å². The van der Waals surface area contributed by atoms with E-state index in [9.17, 15) is 9.18 Å². The highest BCUT2D eigenvalue weighted by Crippen LogP contribution is 2.27. The molecule has 11 heteroatoms. The SMILES string of the molecule is N#Cc1ccc(F)c(Nc2ncnn3ccc(CN4CCC(N)C(OC(N)=O)C4)c23)c1. The normalized spacial score (nSPS) is 19.1. The molecule has 0 spiro atoms. The average molecular weight is 424 g/mol. The van der Waals surface area contributed by atoms with E-state index in [-0.39, 0.29) is 11.7 Å². The van der Waals surface area contributed by atoms with Crippen molar-refractivity contribution in [3.05, 3.63) is 53.7 Å². The van der Waals surface area contributed by atoms with Crippen LogP contribution in [0.5, 0.6) is 0 Å². The Morgan fingerprint density at radius 2 is 2.26 bits per heavy atom. The minimum atomic E-state index is -0.849. The van der Waals surface area contributed by atoms with Crippen LogP contribution in [0.15, 0.2) is 36.8 Å². The third kappa shape index (κ3) is 4.40. The maximum atomic E-state index is 14.3. The lowest BCUT2D eigenvalue weighted by molar-refractivity contribution is 0.0313. The van der Waals surface area contributed by atoms with Gasteiger partial charge in [0.25, 0.3) is 0 Å². The van der Waals surface area contributed by atoms with Gasteiger partial charge in [-0.2, -0.15) is 10.4 Å². The third-order valence-corrected chi connectivity index (χ3v) is 5.24. The van der Waals surface area contributed by atoms with E-state index in [4.69, 9.17) is 21.5 Å². The number of aromatic nitrogens is 3. The maximum absolute atomic E-state index is 14.3. The number of rotatable bonds is 5. The van der Waals surface area contributed by atoms with Crippen molar-refractivity contribution in [2.75, 3.05) is 18.4 Å². The molecule has 0 bridgehead atoms. The van der Waals surface area contributed by atoms with Crippen molar-refractivity contribution in [1.82, 2.24) is 19.5 Å². The first-order valence-corrected chi connectivity index (χ1v) is 9.66. The molecule has 1 saturated heterocycles. The number of likely N-dealkylation sites (tertiary alicyclic amines) is 1. The van der Waals surface area contributed by atoms with E-state index >= 15 is 0 Å². The van der Waals surface area contributed by atoms with Crippen molar-refractivity contribution in [3.63, 3.8) is 0 Å². The van der Waals surface area contributed by atoms with Crippen LogP contribution in [0.4, 0.5) is 20.7 Å². The lowest BCUT2D eigenvalue weighted by atomic mass is 10.0. The quantitative estimate of drug-likeness (QED) is 0.558. The average Bonchev–Trinajstić information content (AvgIpc) is 3.15. The summed E-state index contributed by atoms with van der Waals surface area (Å²) < 4.78 is 21.1. The van der Waals surface area contributed by atoms with Crippen molar-refractivity contribution >= 4 is 23.1 Å². The highest BCUT2D eigenvalue weighted by atomic mass is 19.1. The van der Waals surface area contributed by atoms with E-state index < -0.39 is 18.0 Å². The molecule has 4 rings (SSSR count). The molecule has 31 heavy (non-hydrogen) atoms. The minimum absolute atomic E-state index is 0.144. The first kappa shape index (κ1) is 20.5. The van der Waals surface area contributed by atoms with Gasteiger partial charge in [0.15, 0.2) is 5.82 Å². The van der Waals surface area contributed by atoms with Crippen LogP contribution in [0.25, 0.3) is 5.52 Å². The number of amides is 1. The number of halogens is 1. The summed E-state index contributed by atoms with van der Waals surface area (Å²) in [6.45, 7) is 1.67. The molecule has 10 nitrogen and oxygen atoms in total. The van der Waals surface area contributed by atoms with Gasteiger partial charge in [-0.1, -0.05) is 0 Å². The van der Waals surface area contributed by atoms with Gasteiger partial charge >= 0.3 is 6.09 Å². The standard InChI is InChI=1S/C20H21FN8O2/c21-14-2-1-12(8-22)7-16(14)27-19-18-13(3-6-29(18)26-11-25-19)9-28-5-4-15(23)17(10-28)31-20(24)30/h1-3,6-7,11,15,17H,4-5,9-10,23H2,(H2,24,30)(H,25,26,27). The van der Waals surface area contributed by atoms with E-state index in [2.05, 4.69) is 20.3 Å². The number of nitriles is 1. The van der Waals surface area contributed by atoms with Crippen LogP contribution in [0.1, 0.15) is 17.5 Å². The van der Waals surface area contributed by atoms with Crippen LogP contribution in [0.2, 0.25) is 0 Å². The molecule has 3 heterocycles. The monoisotopic (exact) mass is 424 g/mol. The molecule has 1 amide bonds. The minimum Gasteiger partial charge on any atom is -0.443 e. The maximum Gasteiger partial charge on any atom is 0.404 e. The second-order valence-corrected chi connectivity index (χ2v) is 7.34. The Kier molecular flexibility index (Phi) is 5.66. The molecule has 160 valence electrons. The summed E-state index contributed by atoms with van der Waals surface area (Å²) in [4.78, 5) is 17.5. The topological polar surface area (TPSA) is 148 Å². The molecule has 1 aromatic carbocycles. The molecule has 1 aliphatic heterocycles. The summed E-state index contributed by atoms with van der Waals surface area (Å²) in [5.74, 6) is -0.0945. The van der Waals surface area contributed by atoms with Crippen LogP contribution >= 0.6 is 0 Å². The first-order chi connectivity index (χ1) is 14.9. The number of nitrogens with one attached hydrogen (secondary N) is 1. The van der Waals surface area contributed by atoms with E-state index in [1.807, 2.05) is 12.1 Å². The number of hydrogen-bond acceptors (Lipinski definition) is 8. The van der Waals surface area contributed by atoms with Crippen molar-refractivity contribution in [3.8, 4) is 6.07 Å². The molecular weight excluding hydrogens is 403 g/mol. The van der Waals surface area contributed by atoms with E-state index in [1.165, 1.54) is 24.5 Å². The van der Waals surface area contributed by atoms with E-state index in [0.29, 0.717) is 43.0 Å². The molecule has 3 aromatic rings. The summed E-state index contributed by atoms with van der Waals surface area (Å²) in [7, 11) is 0. The third-order valence-electron chi connectivity index (χ3n) is 5.24. The number of carbonyl (C=O) groups excluding carboxylic acids is 1. The van der Waals surface area contributed by atoms with Gasteiger partial charge in [-0.3, -0.25) is 4.90 Å².